The molecule has 0 radical (unpaired) electrons. The number of halogens is 1. The molecular formula is C17H27ClN2O2. The van der Waals surface area contributed by atoms with Crippen LogP contribution in [0.2, 0.25) is 0 Å². The van der Waals surface area contributed by atoms with Gasteiger partial charge in [-0.15, -0.1) is 12.4 Å². The van der Waals surface area contributed by atoms with E-state index in [1.165, 1.54) is 30.4 Å². The number of carbonyl (C=O) groups excluding carboxylic acids is 1. The molecule has 1 amide bonds. The molecule has 0 saturated carbocycles. The van der Waals surface area contributed by atoms with Gasteiger partial charge in [0.05, 0.1) is 13.0 Å². The fourth-order valence-electron chi connectivity index (χ4n) is 2.73. The first-order valence-corrected chi connectivity index (χ1v) is 7.86. The Morgan fingerprint density at radius 1 is 1.14 bits per heavy atom. The van der Waals surface area contributed by atoms with E-state index < -0.39 is 0 Å². The molecule has 0 saturated heterocycles. The van der Waals surface area contributed by atoms with E-state index in [4.69, 9.17) is 4.74 Å². The topological polar surface area (TPSA) is 50.4 Å². The predicted molar refractivity (Wildman–Crippen MR) is 91.8 cm³/mol. The molecule has 1 aliphatic rings. The molecule has 0 spiro atoms. The highest BCUT2D eigenvalue weighted by atomic mass is 35.5. The average Bonchev–Trinajstić information content (AvgIpc) is 2.50. The fraction of sp³-hybridized carbons (Fsp3) is 0.588. The van der Waals surface area contributed by atoms with Crippen LogP contribution in [0.4, 0.5) is 0 Å². The van der Waals surface area contributed by atoms with Crippen LogP contribution in [0.15, 0.2) is 18.2 Å². The van der Waals surface area contributed by atoms with E-state index in [1.807, 2.05) is 0 Å². The third kappa shape index (κ3) is 6.34. The number of nitrogens with one attached hydrogen (secondary N) is 2. The summed E-state index contributed by atoms with van der Waals surface area (Å²) in [6.07, 6.45) is 5.40. The number of carbonyl (C=O) groups is 1. The number of amides is 1. The number of benzene rings is 1. The number of hydrogen-bond donors (Lipinski definition) is 2. The number of methoxy groups -OCH3 is 1. The van der Waals surface area contributed by atoms with Crippen LogP contribution >= 0.6 is 12.4 Å². The summed E-state index contributed by atoms with van der Waals surface area (Å²) in [6.45, 7) is 2.95. The largest absolute Gasteiger partial charge is 0.383 e. The van der Waals surface area contributed by atoms with Gasteiger partial charge in [-0.3, -0.25) is 4.79 Å². The van der Waals surface area contributed by atoms with Gasteiger partial charge in [0.1, 0.15) is 0 Å². The third-order valence-corrected chi connectivity index (χ3v) is 3.88. The summed E-state index contributed by atoms with van der Waals surface area (Å²) >= 11 is 0. The second kappa shape index (κ2) is 10.6. The minimum absolute atomic E-state index is 0. The molecule has 1 aliphatic carbocycles. The van der Waals surface area contributed by atoms with Crippen LogP contribution in [-0.2, 0) is 28.8 Å². The molecule has 0 fully saturated rings. The Labute approximate surface area is 139 Å². The normalized spacial score (nSPS) is 13.1. The molecule has 0 aliphatic heterocycles. The van der Waals surface area contributed by atoms with Crippen molar-refractivity contribution >= 4 is 18.3 Å². The van der Waals surface area contributed by atoms with Crippen molar-refractivity contribution in [2.45, 2.75) is 32.1 Å². The quantitative estimate of drug-likeness (QED) is 0.717. The Balaban J connectivity index is 0.00000242. The zero-order valence-corrected chi connectivity index (χ0v) is 14.1. The van der Waals surface area contributed by atoms with Crippen LogP contribution < -0.4 is 10.6 Å². The minimum atomic E-state index is 0. The Morgan fingerprint density at radius 2 is 1.91 bits per heavy atom. The van der Waals surface area contributed by atoms with Gasteiger partial charge in [-0.1, -0.05) is 18.2 Å². The van der Waals surface area contributed by atoms with Crippen molar-refractivity contribution in [2.75, 3.05) is 33.4 Å². The summed E-state index contributed by atoms with van der Waals surface area (Å²) in [4.78, 5) is 11.9. The van der Waals surface area contributed by atoms with E-state index in [9.17, 15) is 4.79 Å². The van der Waals surface area contributed by atoms with Crippen molar-refractivity contribution in [3.8, 4) is 0 Å². The lowest BCUT2D eigenvalue weighted by atomic mass is 9.90. The predicted octanol–water partition coefficient (Wildman–Crippen LogP) is 1.88. The summed E-state index contributed by atoms with van der Waals surface area (Å²) in [5.41, 5.74) is 4.03. The number of ether oxygens (including phenoxy) is 1. The van der Waals surface area contributed by atoms with Gasteiger partial charge in [0.15, 0.2) is 0 Å². The van der Waals surface area contributed by atoms with Crippen molar-refractivity contribution in [1.29, 1.82) is 0 Å². The molecule has 0 atom stereocenters. The van der Waals surface area contributed by atoms with Crippen molar-refractivity contribution in [1.82, 2.24) is 10.6 Å². The maximum atomic E-state index is 11.9. The third-order valence-electron chi connectivity index (χ3n) is 3.88. The molecule has 0 heterocycles. The van der Waals surface area contributed by atoms with Gasteiger partial charge >= 0.3 is 0 Å². The van der Waals surface area contributed by atoms with Gasteiger partial charge in [-0.2, -0.15) is 0 Å². The monoisotopic (exact) mass is 326 g/mol. The van der Waals surface area contributed by atoms with Crippen molar-refractivity contribution in [3.05, 3.63) is 34.9 Å². The second-order valence-electron chi connectivity index (χ2n) is 5.58. The molecule has 2 N–H and O–H groups in total. The standard InChI is InChI=1S/C17H26N2O2.ClH/c1-21-11-10-18-8-9-19-17(20)13-14-6-7-15-4-2-3-5-16(15)12-14;/h6-7,12,18H,2-5,8-11,13H2,1H3,(H,19,20);1H. The highest BCUT2D eigenvalue weighted by Crippen LogP contribution is 2.22. The molecule has 0 aromatic heterocycles. The van der Waals surface area contributed by atoms with Gasteiger partial charge in [0.2, 0.25) is 5.91 Å². The maximum Gasteiger partial charge on any atom is 0.224 e. The lowest BCUT2D eigenvalue weighted by Gasteiger charge is -2.16. The van der Waals surface area contributed by atoms with Crippen molar-refractivity contribution in [3.63, 3.8) is 0 Å². The lowest BCUT2D eigenvalue weighted by Crippen LogP contribution is -2.33. The first kappa shape index (κ1) is 18.9. The summed E-state index contributed by atoms with van der Waals surface area (Å²) in [6, 6.07) is 6.51. The molecule has 5 heteroatoms. The first-order chi connectivity index (χ1) is 10.3. The summed E-state index contributed by atoms with van der Waals surface area (Å²) in [5.74, 6) is 0.0966. The van der Waals surface area contributed by atoms with Gasteiger partial charge in [-0.25, -0.2) is 0 Å². The zero-order chi connectivity index (χ0) is 14.9. The highest BCUT2D eigenvalue weighted by Gasteiger charge is 2.10. The number of aryl methyl sites for hydroxylation is 2. The first-order valence-electron chi connectivity index (χ1n) is 7.86. The Kier molecular flexibility index (Phi) is 9.13. The lowest BCUT2D eigenvalue weighted by molar-refractivity contribution is -0.120. The van der Waals surface area contributed by atoms with E-state index in [-0.39, 0.29) is 18.3 Å². The van der Waals surface area contributed by atoms with E-state index in [2.05, 4.69) is 28.8 Å². The Morgan fingerprint density at radius 3 is 2.68 bits per heavy atom. The van der Waals surface area contributed by atoms with Gasteiger partial charge in [0.25, 0.3) is 0 Å². The van der Waals surface area contributed by atoms with Crippen molar-refractivity contribution < 1.29 is 9.53 Å². The Hall–Kier alpha value is -1.10. The molecule has 0 unspecified atom stereocenters. The summed E-state index contributed by atoms with van der Waals surface area (Å²) in [5, 5.41) is 6.15. The van der Waals surface area contributed by atoms with Gasteiger partial charge in [-0.05, 0) is 42.4 Å². The van der Waals surface area contributed by atoms with Crippen LogP contribution in [0.3, 0.4) is 0 Å². The summed E-state index contributed by atoms with van der Waals surface area (Å²) in [7, 11) is 1.68. The zero-order valence-electron chi connectivity index (χ0n) is 13.3. The van der Waals surface area contributed by atoms with Gasteiger partial charge in [0, 0.05) is 26.7 Å². The molecular weight excluding hydrogens is 300 g/mol. The van der Waals surface area contributed by atoms with E-state index in [0.717, 1.165) is 25.1 Å². The average molecular weight is 327 g/mol. The van der Waals surface area contributed by atoms with Crippen LogP contribution in [0.1, 0.15) is 29.5 Å². The SMILES string of the molecule is COCCNCCNC(=O)Cc1ccc2c(c1)CCCC2.Cl. The number of fused-ring (bicyclic) bond motifs is 1. The maximum absolute atomic E-state index is 11.9. The van der Waals surface area contributed by atoms with Crippen LogP contribution in [-0.4, -0.2) is 39.3 Å². The number of rotatable bonds is 8. The van der Waals surface area contributed by atoms with Crippen LogP contribution in [0, 0.1) is 0 Å². The number of hydrogen-bond acceptors (Lipinski definition) is 3. The van der Waals surface area contributed by atoms with Crippen LogP contribution in [0.25, 0.3) is 0 Å². The second-order valence-corrected chi connectivity index (χ2v) is 5.58. The van der Waals surface area contributed by atoms with E-state index in [0.29, 0.717) is 19.6 Å². The molecule has 22 heavy (non-hydrogen) atoms. The van der Waals surface area contributed by atoms with E-state index >= 15 is 0 Å². The van der Waals surface area contributed by atoms with E-state index in [1.54, 1.807) is 7.11 Å². The van der Waals surface area contributed by atoms with Gasteiger partial charge < -0.3 is 15.4 Å². The molecule has 0 bridgehead atoms. The van der Waals surface area contributed by atoms with Crippen LogP contribution in [0.5, 0.6) is 0 Å². The molecule has 1 aromatic carbocycles. The smallest absolute Gasteiger partial charge is 0.224 e. The van der Waals surface area contributed by atoms with Crippen molar-refractivity contribution in [2.24, 2.45) is 0 Å². The molecule has 124 valence electrons. The molecule has 1 aromatic rings. The summed E-state index contributed by atoms with van der Waals surface area (Å²) < 4.78 is 4.94. The molecule has 2 rings (SSSR count). The highest BCUT2D eigenvalue weighted by molar-refractivity contribution is 5.85. The minimum Gasteiger partial charge on any atom is -0.383 e. The fourth-order valence-corrected chi connectivity index (χ4v) is 2.73. The molecule has 4 nitrogen and oxygen atoms in total. The Bertz CT molecular complexity index is 466.